The Morgan fingerprint density at radius 3 is 2.36 bits per heavy atom. The van der Waals surface area contributed by atoms with Gasteiger partial charge in [0.25, 0.3) is 0 Å². The summed E-state index contributed by atoms with van der Waals surface area (Å²) in [6.07, 6.45) is 1.29. The van der Waals surface area contributed by atoms with Crippen LogP contribution in [0.2, 0.25) is 0 Å². The quantitative estimate of drug-likeness (QED) is 0.791. The van der Waals surface area contributed by atoms with Crippen molar-refractivity contribution in [2.75, 3.05) is 25.1 Å². The summed E-state index contributed by atoms with van der Waals surface area (Å²) in [7, 11) is 0. The molecule has 1 fully saturated rings. The fourth-order valence-electron chi connectivity index (χ4n) is 3.32. The molecule has 1 aliphatic rings. The van der Waals surface area contributed by atoms with Crippen molar-refractivity contribution in [3.8, 4) is 0 Å². The molecule has 2 amide bonds. The van der Waals surface area contributed by atoms with Crippen molar-refractivity contribution in [2.24, 2.45) is 0 Å². The SMILES string of the molecule is Cc1ccc(NC(=O)C(=O)NCC2(c3ccc(F)cc3)CCOCC2)cc1F. The number of benzene rings is 2. The number of halogens is 2. The molecule has 1 heterocycles. The summed E-state index contributed by atoms with van der Waals surface area (Å²) in [5.74, 6) is -2.48. The van der Waals surface area contributed by atoms with E-state index in [0.29, 0.717) is 31.6 Å². The van der Waals surface area contributed by atoms with Crippen LogP contribution in [0.15, 0.2) is 42.5 Å². The lowest BCUT2D eigenvalue weighted by Gasteiger charge is -2.37. The molecule has 3 rings (SSSR count). The second-order valence-electron chi connectivity index (χ2n) is 7.00. The molecule has 2 N–H and O–H groups in total. The summed E-state index contributed by atoms with van der Waals surface area (Å²) in [6, 6.07) is 10.4. The molecule has 0 saturated carbocycles. The molecular formula is C21H22F2N2O3. The number of anilines is 1. The van der Waals surface area contributed by atoms with Crippen molar-refractivity contribution < 1.29 is 23.1 Å². The van der Waals surface area contributed by atoms with E-state index in [1.807, 2.05) is 0 Å². The van der Waals surface area contributed by atoms with Gasteiger partial charge in [0.2, 0.25) is 0 Å². The Morgan fingerprint density at radius 1 is 1.04 bits per heavy atom. The van der Waals surface area contributed by atoms with E-state index in [-0.39, 0.29) is 18.0 Å². The molecule has 28 heavy (non-hydrogen) atoms. The fraction of sp³-hybridized carbons (Fsp3) is 0.333. The number of rotatable bonds is 4. The van der Waals surface area contributed by atoms with Gasteiger partial charge >= 0.3 is 11.8 Å². The lowest BCUT2D eigenvalue weighted by atomic mass is 9.74. The summed E-state index contributed by atoms with van der Waals surface area (Å²) in [6.45, 7) is 2.86. The van der Waals surface area contributed by atoms with E-state index in [2.05, 4.69) is 10.6 Å². The number of carbonyl (C=O) groups excluding carboxylic acids is 2. The molecule has 0 spiro atoms. The Kier molecular flexibility index (Phi) is 6.04. The summed E-state index contributed by atoms with van der Waals surface area (Å²) in [4.78, 5) is 24.4. The zero-order valence-corrected chi connectivity index (χ0v) is 15.6. The topological polar surface area (TPSA) is 67.4 Å². The van der Waals surface area contributed by atoms with Gasteiger partial charge in [0, 0.05) is 30.9 Å². The molecule has 1 saturated heterocycles. The minimum Gasteiger partial charge on any atom is -0.381 e. The monoisotopic (exact) mass is 388 g/mol. The maximum Gasteiger partial charge on any atom is 0.313 e. The van der Waals surface area contributed by atoms with E-state index in [9.17, 15) is 18.4 Å². The van der Waals surface area contributed by atoms with Crippen LogP contribution in [0.25, 0.3) is 0 Å². The third-order valence-corrected chi connectivity index (χ3v) is 5.13. The van der Waals surface area contributed by atoms with E-state index in [1.54, 1.807) is 19.1 Å². The number of aryl methyl sites for hydroxylation is 1. The first-order valence-electron chi connectivity index (χ1n) is 9.09. The third kappa shape index (κ3) is 4.54. The van der Waals surface area contributed by atoms with Gasteiger partial charge in [0.15, 0.2) is 0 Å². The van der Waals surface area contributed by atoms with E-state index in [1.165, 1.54) is 30.3 Å². The number of hydrogen-bond donors (Lipinski definition) is 2. The number of carbonyl (C=O) groups is 2. The molecule has 2 aromatic rings. The van der Waals surface area contributed by atoms with Crippen LogP contribution < -0.4 is 10.6 Å². The Morgan fingerprint density at radius 2 is 1.71 bits per heavy atom. The van der Waals surface area contributed by atoms with Crippen LogP contribution in [0.1, 0.15) is 24.0 Å². The summed E-state index contributed by atoms with van der Waals surface area (Å²) >= 11 is 0. The lowest BCUT2D eigenvalue weighted by Crippen LogP contribution is -2.47. The minimum absolute atomic E-state index is 0.211. The van der Waals surface area contributed by atoms with Crippen molar-refractivity contribution in [3.63, 3.8) is 0 Å². The molecule has 5 nitrogen and oxygen atoms in total. The van der Waals surface area contributed by atoms with E-state index < -0.39 is 23.0 Å². The van der Waals surface area contributed by atoms with Gasteiger partial charge in [-0.25, -0.2) is 8.78 Å². The van der Waals surface area contributed by atoms with Crippen LogP contribution in [-0.4, -0.2) is 31.6 Å². The summed E-state index contributed by atoms with van der Waals surface area (Å²) in [5.41, 5.74) is 1.11. The van der Waals surface area contributed by atoms with E-state index in [4.69, 9.17) is 4.74 Å². The molecule has 0 atom stereocenters. The van der Waals surface area contributed by atoms with Crippen LogP contribution in [0, 0.1) is 18.6 Å². The van der Waals surface area contributed by atoms with Crippen molar-refractivity contribution >= 4 is 17.5 Å². The van der Waals surface area contributed by atoms with Gasteiger partial charge < -0.3 is 15.4 Å². The van der Waals surface area contributed by atoms with Gasteiger partial charge in [-0.15, -0.1) is 0 Å². The Balaban J connectivity index is 1.66. The van der Waals surface area contributed by atoms with Gasteiger partial charge in [0.05, 0.1) is 0 Å². The van der Waals surface area contributed by atoms with Crippen LogP contribution in [0.5, 0.6) is 0 Å². The van der Waals surface area contributed by atoms with Gasteiger partial charge in [-0.2, -0.15) is 0 Å². The van der Waals surface area contributed by atoms with Gasteiger partial charge in [-0.1, -0.05) is 18.2 Å². The average Bonchev–Trinajstić information content (AvgIpc) is 2.70. The van der Waals surface area contributed by atoms with Gasteiger partial charge in [-0.3, -0.25) is 9.59 Å². The third-order valence-electron chi connectivity index (χ3n) is 5.13. The highest BCUT2D eigenvalue weighted by atomic mass is 19.1. The predicted molar refractivity (Wildman–Crippen MR) is 101 cm³/mol. The molecule has 0 bridgehead atoms. The van der Waals surface area contributed by atoms with Crippen molar-refractivity contribution in [2.45, 2.75) is 25.2 Å². The molecule has 1 aliphatic heterocycles. The first kappa shape index (κ1) is 19.9. The molecule has 148 valence electrons. The zero-order valence-electron chi connectivity index (χ0n) is 15.6. The normalized spacial score (nSPS) is 15.7. The van der Waals surface area contributed by atoms with Gasteiger partial charge in [-0.05, 0) is 55.2 Å². The number of ether oxygens (including phenoxy) is 1. The second kappa shape index (κ2) is 8.48. The molecule has 0 unspecified atom stereocenters. The minimum atomic E-state index is -0.871. The standard InChI is InChI=1S/C21H22F2N2O3/c1-14-2-7-17(12-18(14)23)25-20(27)19(26)24-13-21(8-10-28-11-9-21)15-3-5-16(22)6-4-15/h2-7,12H,8-11,13H2,1H3,(H,24,26)(H,25,27). The lowest BCUT2D eigenvalue weighted by molar-refractivity contribution is -0.136. The summed E-state index contributed by atoms with van der Waals surface area (Å²) in [5, 5.41) is 5.05. The molecule has 0 aliphatic carbocycles. The fourth-order valence-corrected chi connectivity index (χ4v) is 3.32. The first-order valence-corrected chi connectivity index (χ1v) is 9.09. The van der Waals surface area contributed by atoms with Gasteiger partial charge in [0.1, 0.15) is 11.6 Å². The Labute approximate surface area is 162 Å². The molecule has 0 radical (unpaired) electrons. The largest absolute Gasteiger partial charge is 0.381 e. The van der Waals surface area contributed by atoms with E-state index in [0.717, 1.165) is 5.56 Å². The maximum absolute atomic E-state index is 13.6. The summed E-state index contributed by atoms with van der Waals surface area (Å²) < 4.78 is 32.3. The number of hydrogen-bond acceptors (Lipinski definition) is 3. The number of nitrogens with one attached hydrogen (secondary N) is 2. The van der Waals surface area contributed by atoms with Crippen molar-refractivity contribution in [1.82, 2.24) is 5.32 Å². The van der Waals surface area contributed by atoms with Crippen LogP contribution >= 0.6 is 0 Å². The first-order chi connectivity index (χ1) is 13.4. The van der Waals surface area contributed by atoms with Crippen LogP contribution in [-0.2, 0) is 19.7 Å². The molecular weight excluding hydrogens is 366 g/mol. The van der Waals surface area contributed by atoms with E-state index >= 15 is 0 Å². The smallest absolute Gasteiger partial charge is 0.313 e. The van der Waals surface area contributed by atoms with Crippen molar-refractivity contribution in [1.29, 1.82) is 0 Å². The highest BCUT2D eigenvalue weighted by Crippen LogP contribution is 2.34. The molecule has 0 aromatic heterocycles. The Hall–Kier alpha value is -2.80. The van der Waals surface area contributed by atoms with Crippen LogP contribution in [0.4, 0.5) is 14.5 Å². The highest BCUT2D eigenvalue weighted by molar-refractivity contribution is 6.39. The second-order valence-corrected chi connectivity index (χ2v) is 7.00. The molecule has 7 heteroatoms. The number of amides is 2. The average molecular weight is 388 g/mol. The van der Waals surface area contributed by atoms with Crippen molar-refractivity contribution in [3.05, 3.63) is 65.2 Å². The maximum atomic E-state index is 13.6. The highest BCUT2D eigenvalue weighted by Gasteiger charge is 2.35. The predicted octanol–water partition coefficient (Wildman–Crippen LogP) is 3.08. The Bertz CT molecular complexity index is 862. The zero-order chi connectivity index (χ0) is 20.1. The van der Waals surface area contributed by atoms with Crippen LogP contribution in [0.3, 0.4) is 0 Å². The molecule has 2 aromatic carbocycles.